The van der Waals surface area contributed by atoms with Crippen LogP contribution in [0.2, 0.25) is 0 Å². The minimum absolute atomic E-state index is 0.269. The summed E-state index contributed by atoms with van der Waals surface area (Å²) in [6.45, 7) is 0.269. The van der Waals surface area contributed by atoms with Crippen molar-refractivity contribution < 1.29 is 22.6 Å². The fourth-order valence-electron chi connectivity index (χ4n) is 3.52. The van der Waals surface area contributed by atoms with E-state index in [0.29, 0.717) is 22.7 Å². The second-order valence-electron chi connectivity index (χ2n) is 6.81. The predicted molar refractivity (Wildman–Crippen MR) is 109 cm³/mol. The summed E-state index contributed by atoms with van der Waals surface area (Å²) in [4.78, 5) is 4.46. The van der Waals surface area contributed by atoms with Gasteiger partial charge in [0.25, 0.3) is 0 Å². The van der Waals surface area contributed by atoms with Gasteiger partial charge in [-0.2, -0.15) is 13.2 Å². The van der Waals surface area contributed by atoms with E-state index in [2.05, 4.69) is 4.98 Å². The topological polar surface area (TPSA) is 36.3 Å². The Balaban J connectivity index is 1.79. The van der Waals surface area contributed by atoms with E-state index in [9.17, 15) is 13.2 Å². The lowest BCUT2D eigenvalue weighted by atomic mass is 10.1. The third-order valence-corrected chi connectivity index (χ3v) is 4.94. The standard InChI is InChI=1S/C23H19F3N2O2/c1-29-20-9-8-16(12-21(20)30-2)19-14-28(22-18(19)7-4-10-27-22)13-15-5-3-6-17(11-15)23(24,25)26/h3-12,14H,13H2,1-2H3. The fraction of sp³-hybridized carbons (Fsp3) is 0.174. The Kier molecular flexibility index (Phi) is 5.11. The van der Waals surface area contributed by atoms with Crippen molar-refractivity contribution in [2.45, 2.75) is 12.7 Å². The van der Waals surface area contributed by atoms with Gasteiger partial charge in [-0.3, -0.25) is 0 Å². The zero-order chi connectivity index (χ0) is 21.3. The lowest BCUT2D eigenvalue weighted by molar-refractivity contribution is -0.137. The van der Waals surface area contributed by atoms with Crippen molar-refractivity contribution in [1.82, 2.24) is 9.55 Å². The lowest BCUT2D eigenvalue weighted by Gasteiger charge is -2.10. The van der Waals surface area contributed by atoms with E-state index < -0.39 is 11.7 Å². The van der Waals surface area contributed by atoms with E-state index >= 15 is 0 Å². The minimum Gasteiger partial charge on any atom is -0.493 e. The highest BCUT2D eigenvalue weighted by Gasteiger charge is 2.30. The van der Waals surface area contributed by atoms with Crippen LogP contribution in [0.1, 0.15) is 11.1 Å². The van der Waals surface area contributed by atoms with E-state index in [0.717, 1.165) is 22.6 Å². The summed E-state index contributed by atoms with van der Waals surface area (Å²) in [5.41, 5.74) is 2.38. The molecule has 154 valence electrons. The van der Waals surface area contributed by atoms with Gasteiger partial charge in [-0.05, 0) is 47.5 Å². The van der Waals surface area contributed by atoms with E-state index in [-0.39, 0.29) is 6.54 Å². The zero-order valence-electron chi connectivity index (χ0n) is 16.4. The van der Waals surface area contributed by atoms with Crippen LogP contribution in [0.25, 0.3) is 22.2 Å². The molecular formula is C23H19F3N2O2. The molecule has 0 spiro atoms. The number of aromatic nitrogens is 2. The molecule has 0 saturated heterocycles. The molecular weight excluding hydrogens is 393 g/mol. The van der Waals surface area contributed by atoms with Crippen molar-refractivity contribution >= 4 is 11.0 Å². The lowest BCUT2D eigenvalue weighted by Crippen LogP contribution is -2.06. The van der Waals surface area contributed by atoms with Crippen LogP contribution in [0, 0.1) is 0 Å². The maximum Gasteiger partial charge on any atom is 0.416 e. The molecule has 0 aliphatic carbocycles. The molecule has 4 nitrogen and oxygen atoms in total. The quantitative estimate of drug-likeness (QED) is 0.416. The van der Waals surface area contributed by atoms with Gasteiger partial charge in [0.15, 0.2) is 11.5 Å². The van der Waals surface area contributed by atoms with Crippen molar-refractivity contribution in [3.8, 4) is 22.6 Å². The zero-order valence-corrected chi connectivity index (χ0v) is 16.4. The largest absolute Gasteiger partial charge is 0.493 e. The SMILES string of the molecule is COc1ccc(-c2cn(Cc3cccc(C(F)(F)F)c3)c3ncccc23)cc1OC. The van der Waals surface area contributed by atoms with Gasteiger partial charge in [-0.25, -0.2) is 4.98 Å². The summed E-state index contributed by atoms with van der Waals surface area (Å²) in [5.74, 6) is 1.21. The predicted octanol–water partition coefficient (Wildman–Crippen LogP) is 5.79. The number of nitrogens with zero attached hydrogens (tertiary/aromatic N) is 2. The molecule has 0 bridgehead atoms. The summed E-state index contributed by atoms with van der Waals surface area (Å²) in [6.07, 6.45) is -0.805. The maximum absolute atomic E-state index is 13.1. The van der Waals surface area contributed by atoms with Crippen LogP contribution in [0.5, 0.6) is 11.5 Å². The molecule has 4 rings (SSSR count). The number of methoxy groups -OCH3 is 2. The number of benzene rings is 2. The van der Waals surface area contributed by atoms with Crippen LogP contribution < -0.4 is 9.47 Å². The normalized spacial score (nSPS) is 11.6. The Morgan fingerprint density at radius 2 is 1.73 bits per heavy atom. The van der Waals surface area contributed by atoms with Gasteiger partial charge >= 0.3 is 6.18 Å². The minimum atomic E-state index is -4.38. The van der Waals surface area contributed by atoms with Crippen molar-refractivity contribution in [3.05, 3.63) is 78.1 Å². The molecule has 2 aromatic carbocycles. The first-order valence-electron chi connectivity index (χ1n) is 9.23. The monoisotopic (exact) mass is 412 g/mol. The second kappa shape index (κ2) is 7.74. The Morgan fingerprint density at radius 1 is 0.933 bits per heavy atom. The molecule has 0 aliphatic heterocycles. The number of fused-ring (bicyclic) bond motifs is 1. The van der Waals surface area contributed by atoms with Crippen molar-refractivity contribution in [1.29, 1.82) is 0 Å². The van der Waals surface area contributed by atoms with Crippen molar-refractivity contribution in [2.75, 3.05) is 14.2 Å². The molecule has 2 heterocycles. The summed E-state index contributed by atoms with van der Waals surface area (Å²) in [5, 5.41) is 0.900. The van der Waals surface area contributed by atoms with Gasteiger partial charge in [0, 0.05) is 29.9 Å². The molecule has 0 N–H and O–H groups in total. The molecule has 0 fully saturated rings. The van der Waals surface area contributed by atoms with Gasteiger partial charge in [0.1, 0.15) is 5.65 Å². The molecule has 30 heavy (non-hydrogen) atoms. The van der Waals surface area contributed by atoms with Crippen LogP contribution in [0.15, 0.2) is 67.0 Å². The Morgan fingerprint density at radius 3 is 2.47 bits per heavy atom. The highest BCUT2D eigenvalue weighted by Crippen LogP contribution is 2.36. The Hall–Kier alpha value is -3.48. The number of ether oxygens (including phenoxy) is 2. The molecule has 0 saturated carbocycles. The summed E-state index contributed by atoms with van der Waals surface area (Å²) in [7, 11) is 3.14. The first kappa shape index (κ1) is 19.8. The first-order chi connectivity index (χ1) is 14.4. The number of halogens is 3. The average Bonchev–Trinajstić information content (AvgIpc) is 3.11. The molecule has 4 aromatic rings. The third kappa shape index (κ3) is 3.70. The Bertz CT molecular complexity index is 1200. The number of hydrogen-bond acceptors (Lipinski definition) is 3. The third-order valence-electron chi connectivity index (χ3n) is 4.94. The van der Waals surface area contributed by atoms with Gasteiger partial charge in [0.05, 0.1) is 19.8 Å². The second-order valence-corrected chi connectivity index (χ2v) is 6.81. The molecule has 7 heteroatoms. The van der Waals surface area contributed by atoms with Gasteiger partial charge in [0.2, 0.25) is 0 Å². The smallest absolute Gasteiger partial charge is 0.416 e. The molecule has 2 aromatic heterocycles. The van der Waals surface area contributed by atoms with E-state index in [4.69, 9.17) is 9.47 Å². The van der Waals surface area contributed by atoms with Crippen LogP contribution >= 0.6 is 0 Å². The summed E-state index contributed by atoms with van der Waals surface area (Å²) >= 11 is 0. The van der Waals surface area contributed by atoms with Crippen molar-refractivity contribution in [2.24, 2.45) is 0 Å². The van der Waals surface area contributed by atoms with Gasteiger partial charge in [-0.15, -0.1) is 0 Å². The Labute approximate surface area is 171 Å². The van der Waals surface area contributed by atoms with Gasteiger partial charge in [-0.1, -0.05) is 18.2 Å². The molecule has 0 radical (unpaired) electrons. The summed E-state index contributed by atoms with van der Waals surface area (Å²) < 4.78 is 51.8. The maximum atomic E-state index is 13.1. The highest BCUT2D eigenvalue weighted by atomic mass is 19.4. The number of pyridine rings is 1. The van der Waals surface area contributed by atoms with Gasteiger partial charge < -0.3 is 14.0 Å². The number of alkyl halides is 3. The van der Waals surface area contributed by atoms with Crippen LogP contribution in [-0.2, 0) is 12.7 Å². The van der Waals surface area contributed by atoms with Crippen LogP contribution in [0.3, 0.4) is 0 Å². The molecule has 0 aliphatic rings. The van der Waals surface area contributed by atoms with E-state index in [1.807, 2.05) is 41.1 Å². The fourth-order valence-corrected chi connectivity index (χ4v) is 3.52. The van der Waals surface area contributed by atoms with Crippen LogP contribution in [0.4, 0.5) is 13.2 Å². The molecule has 0 atom stereocenters. The van der Waals surface area contributed by atoms with Crippen LogP contribution in [-0.4, -0.2) is 23.8 Å². The number of hydrogen-bond donors (Lipinski definition) is 0. The average molecular weight is 412 g/mol. The number of rotatable bonds is 5. The van der Waals surface area contributed by atoms with E-state index in [1.165, 1.54) is 12.1 Å². The van der Waals surface area contributed by atoms with Crippen molar-refractivity contribution in [3.63, 3.8) is 0 Å². The first-order valence-corrected chi connectivity index (χ1v) is 9.23. The summed E-state index contributed by atoms with van der Waals surface area (Å²) in [6, 6.07) is 14.7. The molecule has 0 unspecified atom stereocenters. The highest BCUT2D eigenvalue weighted by molar-refractivity contribution is 5.94. The molecule has 0 amide bonds. The van der Waals surface area contributed by atoms with E-state index in [1.54, 1.807) is 26.5 Å².